The van der Waals surface area contributed by atoms with Gasteiger partial charge in [-0.15, -0.1) is 0 Å². The second-order valence-electron chi connectivity index (χ2n) is 5.62. The lowest BCUT2D eigenvalue weighted by molar-refractivity contribution is 0.437. The van der Waals surface area contributed by atoms with E-state index < -0.39 is 10.0 Å². The summed E-state index contributed by atoms with van der Waals surface area (Å²) in [5.41, 5.74) is 0.691. The Hall–Kier alpha value is -0.980. The quantitative estimate of drug-likeness (QED) is 0.813. The summed E-state index contributed by atoms with van der Waals surface area (Å²) in [6, 6.07) is 2.64. The van der Waals surface area contributed by atoms with Gasteiger partial charge in [0.1, 0.15) is 5.82 Å². The Morgan fingerprint density at radius 3 is 2.38 bits per heavy atom. The predicted molar refractivity (Wildman–Crippen MR) is 83.1 cm³/mol. The van der Waals surface area contributed by atoms with Crippen LogP contribution in [0.25, 0.3) is 0 Å². The number of rotatable bonds is 7. The van der Waals surface area contributed by atoms with Crippen molar-refractivity contribution in [1.29, 1.82) is 0 Å². The second-order valence-corrected chi connectivity index (χ2v) is 7.34. The lowest BCUT2D eigenvalue weighted by Gasteiger charge is -2.21. The average molecular weight is 316 g/mol. The van der Waals surface area contributed by atoms with Gasteiger partial charge in [0, 0.05) is 18.2 Å². The monoisotopic (exact) mass is 316 g/mol. The van der Waals surface area contributed by atoms with Crippen LogP contribution in [0.3, 0.4) is 0 Å². The normalized spacial score (nSPS) is 13.7. The lowest BCUT2D eigenvalue weighted by Crippen LogP contribution is -2.38. The van der Waals surface area contributed by atoms with Crippen molar-refractivity contribution in [1.82, 2.24) is 10.0 Å². The van der Waals surface area contributed by atoms with Crippen molar-refractivity contribution in [3.8, 4) is 0 Å². The van der Waals surface area contributed by atoms with Crippen molar-refractivity contribution in [2.75, 3.05) is 7.05 Å². The van der Waals surface area contributed by atoms with Crippen molar-refractivity contribution in [3.05, 3.63) is 29.1 Å². The molecule has 21 heavy (non-hydrogen) atoms. The highest BCUT2D eigenvalue weighted by molar-refractivity contribution is 7.89. The number of aryl methyl sites for hydroxylation is 1. The average Bonchev–Trinajstić information content (AvgIpc) is 2.40. The van der Waals surface area contributed by atoms with E-state index in [1.54, 1.807) is 14.0 Å². The van der Waals surface area contributed by atoms with E-state index >= 15 is 0 Å². The highest BCUT2D eigenvalue weighted by Crippen LogP contribution is 2.20. The first-order valence-electron chi connectivity index (χ1n) is 7.18. The Morgan fingerprint density at radius 2 is 1.90 bits per heavy atom. The zero-order valence-corrected chi connectivity index (χ0v) is 14.1. The molecule has 1 unspecified atom stereocenters. The molecular weight excluding hydrogens is 291 g/mol. The van der Waals surface area contributed by atoms with Crippen LogP contribution in [0.4, 0.5) is 4.39 Å². The third-order valence-electron chi connectivity index (χ3n) is 3.53. The number of hydrogen-bond donors (Lipinski definition) is 2. The van der Waals surface area contributed by atoms with Crippen LogP contribution in [0.15, 0.2) is 17.0 Å². The number of hydrogen-bond acceptors (Lipinski definition) is 3. The number of halogens is 1. The van der Waals surface area contributed by atoms with E-state index in [1.807, 2.05) is 20.8 Å². The SMILES string of the molecule is CCC(NS(=O)(=O)c1cc(C)c(F)c(CNC)c1)C(C)C. The van der Waals surface area contributed by atoms with Gasteiger partial charge >= 0.3 is 0 Å². The fraction of sp³-hybridized carbons (Fsp3) is 0.600. The van der Waals surface area contributed by atoms with E-state index in [-0.39, 0.29) is 29.2 Å². The fourth-order valence-electron chi connectivity index (χ4n) is 2.24. The minimum absolute atomic E-state index is 0.116. The Labute approximate surface area is 127 Å². The van der Waals surface area contributed by atoms with E-state index in [9.17, 15) is 12.8 Å². The van der Waals surface area contributed by atoms with Gasteiger partial charge in [0.25, 0.3) is 0 Å². The second kappa shape index (κ2) is 7.33. The van der Waals surface area contributed by atoms with Gasteiger partial charge < -0.3 is 5.32 Å². The molecule has 1 atom stereocenters. The van der Waals surface area contributed by atoms with Gasteiger partial charge in [0.05, 0.1) is 4.90 Å². The zero-order valence-electron chi connectivity index (χ0n) is 13.3. The van der Waals surface area contributed by atoms with Crippen LogP contribution in [0.5, 0.6) is 0 Å². The van der Waals surface area contributed by atoms with Gasteiger partial charge in [-0.05, 0) is 44.0 Å². The van der Waals surface area contributed by atoms with Crippen LogP contribution in [0.1, 0.15) is 38.3 Å². The van der Waals surface area contributed by atoms with E-state index in [4.69, 9.17) is 0 Å². The molecule has 120 valence electrons. The van der Waals surface area contributed by atoms with Gasteiger partial charge in [-0.1, -0.05) is 20.8 Å². The first kappa shape index (κ1) is 18.1. The van der Waals surface area contributed by atoms with Gasteiger partial charge in [-0.25, -0.2) is 17.5 Å². The van der Waals surface area contributed by atoms with Crippen LogP contribution in [0.2, 0.25) is 0 Å². The molecule has 0 saturated carbocycles. The third-order valence-corrected chi connectivity index (χ3v) is 5.00. The molecule has 0 aliphatic carbocycles. The molecule has 0 radical (unpaired) electrons. The van der Waals surface area contributed by atoms with Crippen molar-refractivity contribution in [2.24, 2.45) is 5.92 Å². The maximum absolute atomic E-state index is 14.0. The van der Waals surface area contributed by atoms with Gasteiger partial charge in [0.15, 0.2) is 0 Å². The molecule has 0 amide bonds. The Kier molecular flexibility index (Phi) is 6.31. The highest BCUT2D eigenvalue weighted by Gasteiger charge is 2.23. The topological polar surface area (TPSA) is 58.2 Å². The maximum Gasteiger partial charge on any atom is 0.240 e. The molecular formula is C15H25FN2O2S. The third kappa shape index (κ3) is 4.49. The Morgan fingerprint density at radius 1 is 1.29 bits per heavy atom. The van der Waals surface area contributed by atoms with Gasteiger partial charge in [-0.3, -0.25) is 0 Å². The Balaban J connectivity index is 3.19. The van der Waals surface area contributed by atoms with E-state index in [0.29, 0.717) is 17.5 Å². The van der Waals surface area contributed by atoms with Crippen LogP contribution in [-0.2, 0) is 16.6 Å². The van der Waals surface area contributed by atoms with Gasteiger partial charge in [-0.2, -0.15) is 0 Å². The van der Waals surface area contributed by atoms with Crippen LogP contribution in [0, 0.1) is 18.7 Å². The highest BCUT2D eigenvalue weighted by atomic mass is 32.2. The molecule has 0 spiro atoms. The summed E-state index contributed by atoms with van der Waals surface area (Å²) in [5.74, 6) is -0.165. The molecule has 0 aromatic heterocycles. The standard InChI is InChI=1S/C15H25FN2O2S/c1-6-14(10(2)3)18-21(19,20)13-7-11(4)15(16)12(8-13)9-17-5/h7-8,10,14,17-18H,6,9H2,1-5H3. The molecule has 0 bridgehead atoms. The van der Waals surface area contributed by atoms with Gasteiger partial charge in [0.2, 0.25) is 10.0 Å². The van der Waals surface area contributed by atoms with Crippen molar-refractivity contribution < 1.29 is 12.8 Å². The molecule has 0 saturated heterocycles. The molecule has 6 heteroatoms. The smallest absolute Gasteiger partial charge is 0.240 e. The summed E-state index contributed by atoms with van der Waals surface area (Å²) >= 11 is 0. The van der Waals surface area contributed by atoms with Crippen LogP contribution >= 0.6 is 0 Å². The summed E-state index contributed by atoms with van der Waals surface area (Å²) in [4.78, 5) is 0.116. The summed E-state index contributed by atoms with van der Waals surface area (Å²) < 4.78 is 41.6. The first-order chi connectivity index (χ1) is 9.72. The van der Waals surface area contributed by atoms with Crippen LogP contribution < -0.4 is 10.0 Å². The number of sulfonamides is 1. The molecule has 0 aliphatic rings. The summed E-state index contributed by atoms with van der Waals surface area (Å²) in [7, 11) is -1.95. The fourth-order valence-corrected chi connectivity index (χ4v) is 3.84. The number of nitrogens with one attached hydrogen (secondary N) is 2. The van der Waals surface area contributed by atoms with E-state index in [1.165, 1.54) is 12.1 Å². The predicted octanol–water partition coefficient (Wildman–Crippen LogP) is 2.57. The molecule has 1 rings (SSSR count). The molecule has 4 nitrogen and oxygen atoms in total. The maximum atomic E-state index is 14.0. The van der Waals surface area contributed by atoms with E-state index in [0.717, 1.165) is 0 Å². The van der Waals surface area contributed by atoms with Crippen molar-refractivity contribution in [2.45, 2.75) is 51.6 Å². The van der Waals surface area contributed by atoms with E-state index in [2.05, 4.69) is 10.0 Å². The summed E-state index contributed by atoms with van der Waals surface area (Å²) in [6.45, 7) is 7.75. The minimum atomic E-state index is -3.64. The minimum Gasteiger partial charge on any atom is -0.316 e. The first-order valence-corrected chi connectivity index (χ1v) is 8.67. The van der Waals surface area contributed by atoms with Crippen LogP contribution in [-0.4, -0.2) is 21.5 Å². The zero-order chi connectivity index (χ0) is 16.2. The van der Waals surface area contributed by atoms with Crippen molar-refractivity contribution in [3.63, 3.8) is 0 Å². The lowest BCUT2D eigenvalue weighted by atomic mass is 10.0. The molecule has 0 aliphatic heterocycles. The molecule has 0 heterocycles. The molecule has 1 aromatic carbocycles. The van der Waals surface area contributed by atoms with Crippen molar-refractivity contribution >= 4 is 10.0 Å². The molecule has 2 N–H and O–H groups in total. The molecule has 0 fully saturated rings. The number of benzene rings is 1. The summed E-state index contributed by atoms with van der Waals surface area (Å²) in [6.07, 6.45) is 0.709. The largest absolute Gasteiger partial charge is 0.316 e. The molecule has 1 aromatic rings. The summed E-state index contributed by atoms with van der Waals surface area (Å²) in [5, 5.41) is 2.85. The Bertz CT molecular complexity index is 586.